The molecule has 3 aromatic heterocycles. The molecular formula is C26H31N7O2S. The molecule has 1 aliphatic rings. The Balaban J connectivity index is 1.26. The van der Waals surface area contributed by atoms with Gasteiger partial charge in [-0.2, -0.15) is 4.98 Å². The van der Waals surface area contributed by atoms with Crippen molar-refractivity contribution >= 4 is 38.5 Å². The average molecular weight is 506 g/mol. The topological polar surface area (TPSA) is 117 Å². The summed E-state index contributed by atoms with van der Waals surface area (Å²) in [5, 5.41) is 20.6. The van der Waals surface area contributed by atoms with E-state index in [1.165, 1.54) is 0 Å². The van der Waals surface area contributed by atoms with Crippen molar-refractivity contribution < 1.29 is 9.84 Å². The van der Waals surface area contributed by atoms with Gasteiger partial charge >= 0.3 is 0 Å². The molecule has 1 saturated carbocycles. The van der Waals surface area contributed by atoms with Crippen LogP contribution in [-0.4, -0.2) is 57.4 Å². The SMILES string of the molecule is COCCNCc1cncc(-c2ccc3nc(Nc4ccnc(N[C@H]5CC[C@H](O)CC5)n4)sc3c2)c1. The summed E-state index contributed by atoms with van der Waals surface area (Å²) >= 11 is 1.59. The fourth-order valence-electron chi connectivity index (χ4n) is 4.32. The number of hydrogen-bond acceptors (Lipinski definition) is 10. The molecule has 1 aliphatic carbocycles. The zero-order valence-corrected chi connectivity index (χ0v) is 21.1. The molecule has 9 nitrogen and oxygen atoms in total. The maximum Gasteiger partial charge on any atom is 0.224 e. The summed E-state index contributed by atoms with van der Waals surface area (Å²) in [4.78, 5) is 18.1. The van der Waals surface area contributed by atoms with Gasteiger partial charge in [0, 0.05) is 50.4 Å². The van der Waals surface area contributed by atoms with Crippen molar-refractivity contribution in [3.63, 3.8) is 0 Å². The van der Waals surface area contributed by atoms with Crippen LogP contribution in [0.3, 0.4) is 0 Å². The lowest BCUT2D eigenvalue weighted by Gasteiger charge is -2.26. The van der Waals surface area contributed by atoms with Crippen LogP contribution in [0.4, 0.5) is 16.9 Å². The zero-order chi connectivity index (χ0) is 24.7. The van der Waals surface area contributed by atoms with Crippen LogP contribution in [0.1, 0.15) is 31.2 Å². The fourth-order valence-corrected chi connectivity index (χ4v) is 5.23. The highest BCUT2D eigenvalue weighted by Crippen LogP contribution is 2.32. The van der Waals surface area contributed by atoms with Crippen LogP contribution < -0.4 is 16.0 Å². The molecule has 0 saturated heterocycles. The van der Waals surface area contributed by atoms with Gasteiger partial charge in [-0.05, 0) is 61.1 Å². The Morgan fingerprint density at radius 1 is 1.06 bits per heavy atom. The first kappa shape index (κ1) is 24.5. The van der Waals surface area contributed by atoms with Crippen LogP contribution in [-0.2, 0) is 11.3 Å². The third kappa shape index (κ3) is 6.33. The van der Waals surface area contributed by atoms with Gasteiger partial charge in [0.25, 0.3) is 0 Å². The summed E-state index contributed by atoms with van der Waals surface area (Å²) in [6.45, 7) is 2.24. The number of aromatic nitrogens is 4. The molecule has 0 aliphatic heterocycles. The second-order valence-electron chi connectivity index (χ2n) is 8.99. The number of hydrogen-bond donors (Lipinski definition) is 4. The number of methoxy groups -OCH3 is 1. The second-order valence-corrected chi connectivity index (χ2v) is 10.0. The van der Waals surface area contributed by atoms with Crippen molar-refractivity contribution in [1.29, 1.82) is 0 Å². The largest absolute Gasteiger partial charge is 0.393 e. The van der Waals surface area contributed by atoms with Crippen LogP contribution in [0, 0.1) is 0 Å². The number of anilines is 3. The average Bonchev–Trinajstić information content (AvgIpc) is 3.30. The van der Waals surface area contributed by atoms with Crippen molar-refractivity contribution in [1.82, 2.24) is 25.3 Å². The minimum atomic E-state index is -0.181. The maximum absolute atomic E-state index is 9.72. The van der Waals surface area contributed by atoms with E-state index in [1.54, 1.807) is 24.6 Å². The third-order valence-corrected chi connectivity index (χ3v) is 7.18. The standard InChI is InChI=1S/C26H31N7O2S/c1-35-11-10-27-14-17-12-19(16-28-15-17)18-2-7-22-23(13-18)36-26(31-22)33-24-8-9-29-25(32-24)30-20-3-5-21(34)6-4-20/h2,7-9,12-13,15-16,20-21,27,34H,3-6,10-11,14H2,1H3,(H2,29,30,31,32,33)/t20-,21-. The summed E-state index contributed by atoms with van der Waals surface area (Å²) in [7, 11) is 1.70. The molecule has 188 valence electrons. The van der Waals surface area contributed by atoms with Crippen molar-refractivity contribution in [3.8, 4) is 11.1 Å². The van der Waals surface area contributed by atoms with E-state index >= 15 is 0 Å². The molecule has 1 fully saturated rings. The molecule has 4 N–H and O–H groups in total. The molecule has 5 rings (SSSR count). The van der Waals surface area contributed by atoms with Crippen LogP contribution in [0.2, 0.25) is 0 Å². The van der Waals surface area contributed by atoms with Gasteiger partial charge in [-0.1, -0.05) is 17.4 Å². The fraction of sp³-hybridized carbons (Fsp3) is 0.385. The van der Waals surface area contributed by atoms with Crippen molar-refractivity contribution in [3.05, 3.63) is 54.5 Å². The number of rotatable bonds is 10. The summed E-state index contributed by atoms with van der Waals surface area (Å²) in [6, 6.07) is 10.6. The third-order valence-electron chi connectivity index (χ3n) is 6.25. The molecule has 1 aromatic carbocycles. The highest BCUT2D eigenvalue weighted by molar-refractivity contribution is 7.22. The van der Waals surface area contributed by atoms with E-state index in [2.05, 4.69) is 49.1 Å². The van der Waals surface area contributed by atoms with E-state index in [1.807, 2.05) is 24.5 Å². The lowest BCUT2D eigenvalue weighted by molar-refractivity contribution is 0.126. The summed E-state index contributed by atoms with van der Waals surface area (Å²) in [5.74, 6) is 1.29. The smallest absolute Gasteiger partial charge is 0.224 e. The van der Waals surface area contributed by atoms with Gasteiger partial charge in [0.05, 0.1) is 22.9 Å². The van der Waals surface area contributed by atoms with Gasteiger partial charge in [0.15, 0.2) is 5.13 Å². The zero-order valence-electron chi connectivity index (χ0n) is 20.3. The normalized spacial score (nSPS) is 17.8. The van der Waals surface area contributed by atoms with Gasteiger partial charge < -0.3 is 25.8 Å². The Hall–Kier alpha value is -3.18. The quantitative estimate of drug-likeness (QED) is 0.233. The van der Waals surface area contributed by atoms with E-state index in [0.717, 1.165) is 70.8 Å². The minimum Gasteiger partial charge on any atom is -0.393 e. The molecule has 0 bridgehead atoms. The van der Waals surface area contributed by atoms with E-state index in [4.69, 9.17) is 9.72 Å². The Morgan fingerprint density at radius 2 is 1.94 bits per heavy atom. The van der Waals surface area contributed by atoms with Crippen molar-refractivity contribution in [2.45, 2.75) is 44.4 Å². The second kappa shape index (κ2) is 11.7. The molecular weight excluding hydrogens is 474 g/mol. The van der Waals surface area contributed by atoms with Gasteiger partial charge in [0.2, 0.25) is 5.95 Å². The lowest BCUT2D eigenvalue weighted by atomic mass is 9.93. The number of fused-ring (bicyclic) bond motifs is 1. The summed E-state index contributed by atoms with van der Waals surface area (Å²) in [5.41, 5.74) is 4.25. The van der Waals surface area contributed by atoms with Gasteiger partial charge in [-0.25, -0.2) is 9.97 Å². The van der Waals surface area contributed by atoms with E-state index < -0.39 is 0 Å². The lowest BCUT2D eigenvalue weighted by Crippen LogP contribution is -2.28. The van der Waals surface area contributed by atoms with Crippen LogP contribution in [0.5, 0.6) is 0 Å². The number of aliphatic hydroxyl groups excluding tert-OH is 1. The predicted octanol–water partition coefficient (Wildman–Crippen LogP) is 4.34. The number of ether oxygens (including phenoxy) is 1. The Kier molecular flexibility index (Phi) is 7.97. The van der Waals surface area contributed by atoms with E-state index in [-0.39, 0.29) is 6.10 Å². The first-order valence-corrected chi connectivity index (χ1v) is 13.1. The minimum absolute atomic E-state index is 0.181. The Labute approximate surface area is 214 Å². The molecule has 0 radical (unpaired) electrons. The molecule has 4 aromatic rings. The molecule has 0 atom stereocenters. The Morgan fingerprint density at radius 3 is 2.81 bits per heavy atom. The van der Waals surface area contributed by atoms with E-state index in [9.17, 15) is 5.11 Å². The van der Waals surface area contributed by atoms with Crippen LogP contribution in [0.15, 0.2) is 48.9 Å². The first-order valence-electron chi connectivity index (χ1n) is 12.3. The first-order chi connectivity index (χ1) is 17.7. The summed E-state index contributed by atoms with van der Waals surface area (Å²) < 4.78 is 6.18. The highest BCUT2D eigenvalue weighted by Gasteiger charge is 2.20. The predicted molar refractivity (Wildman–Crippen MR) is 144 cm³/mol. The molecule has 0 spiro atoms. The van der Waals surface area contributed by atoms with Gasteiger partial charge in [-0.3, -0.25) is 4.98 Å². The summed E-state index contributed by atoms with van der Waals surface area (Å²) in [6.07, 6.45) is 8.81. The van der Waals surface area contributed by atoms with Gasteiger partial charge in [-0.15, -0.1) is 0 Å². The molecule has 36 heavy (non-hydrogen) atoms. The van der Waals surface area contributed by atoms with Crippen LogP contribution in [0.25, 0.3) is 21.3 Å². The monoisotopic (exact) mass is 505 g/mol. The van der Waals surface area contributed by atoms with Crippen molar-refractivity contribution in [2.75, 3.05) is 30.9 Å². The van der Waals surface area contributed by atoms with E-state index in [0.29, 0.717) is 24.4 Å². The number of nitrogens with one attached hydrogen (secondary N) is 3. The number of aliphatic hydroxyl groups is 1. The van der Waals surface area contributed by atoms with Crippen molar-refractivity contribution in [2.24, 2.45) is 0 Å². The molecule has 0 unspecified atom stereocenters. The molecule has 3 heterocycles. The number of benzene rings is 1. The van der Waals surface area contributed by atoms with Crippen LogP contribution >= 0.6 is 11.3 Å². The molecule has 0 amide bonds. The van der Waals surface area contributed by atoms with Gasteiger partial charge in [0.1, 0.15) is 5.82 Å². The number of pyridine rings is 1. The number of thiazole rings is 1. The number of nitrogens with zero attached hydrogens (tertiary/aromatic N) is 4. The maximum atomic E-state index is 9.72. The highest BCUT2D eigenvalue weighted by atomic mass is 32.1. The Bertz CT molecular complexity index is 1290. The molecule has 10 heteroatoms.